The van der Waals surface area contributed by atoms with Gasteiger partial charge in [0.05, 0.1) is 50.2 Å². The number of Topliss-reactive ketones (excluding diaryl/α,β-unsaturated/α-hetero) is 1. The number of nitrogens with zero attached hydrogens (tertiary/aromatic N) is 11. The molecule has 408 valence electrons. The van der Waals surface area contributed by atoms with Crippen LogP contribution in [-0.4, -0.2) is 72.1 Å². The van der Waals surface area contributed by atoms with Crippen LogP contribution in [0, 0.1) is 25.2 Å². The number of halogens is 1. The van der Waals surface area contributed by atoms with Crippen LogP contribution < -0.4 is 21.7 Å². The normalized spacial score (nSPS) is 11.3. The molecule has 23 heteroatoms. The van der Waals surface area contributed by atoms with Gasteiger partial charge in [0.15, 0.2) is 17.5 Å². The van der Waals surface area contributed by atoms with Crippen molar-refractivity contribution in [2.45, 2.75) is 89.4 Å². The molecule has 5 heterocycles. The summed E-state index contributed by atoms with van der Waals surface area (Å²) in [7, 11) is -2.20. The first-order valence-corrected chi connectivity index (χ1v) is 28.1. The second kappa shape index (κ2) is 25.6. The molecule has 0 aliphatic heterocycles. The quantitative estimate of drug-likeness (QED) is 0.0624. The van der Waals surface area contributed by atoms with E-state index in [0.29, 0.717) is 34.8 Å². The van der Waals surface area contributed by atoms with Gasteiger partial charge in [0.25, 0.3) is 19.1 Å². The van der Waals surface area contributed by atoms with Gasteiger partial charge >= 0.3 is 0 Å². The molecule has 5 aromatic heterocycles. The van der Waals surface area contributed by atoms with Crippen LogP contribution in [0.5, 0.6) is 0 Å². The minimum Gasteiger partial charge on any atom is -0.384 e. The Balaban J connectivity index is 0.000000175. The maximum atomic E-state index is 13.0. The van der Waals surface area contributed by atoms with E-state index in [0.717, 1.165) is 49.5 Å². The van der Waals surface area contributed by atoms with E-state index in [1.54, 1.807) is 48.0 Å². The van der Waals surface area contributed by atoms with E-state index >= 15 is 0 Å². The molecular weight excluding hydrogens is 1060 g/mol. The summed E-state index contributed by atoms with van der Waals surface area (Å²) < 4.78 is 53.8. The lowest BCUT2D eigenvalue weighted by Gasteiger charge is -2.19. The average Bonchev–Trinajstić information content (AvgIpc) is 3.97. The van der Waals surface area contributed by atoms with Gasteiger partial charge < -0.3 is 11.2 Å². The molecule has 0 saturated heterocycles. The molecule has 20 nitrogen and oxygen atoms in total. The zero-order chi connectivity index (χ0) is 57.7. The number of carbonyl (C=O) groups excluding carboxylic acids is 1. The van der Waals surface area contributed by atoms with Crippen molar-refractivity contribution >= 4 is 85.7 Å². The van der Waals surface area contributed by atoms with Crippen LogP contribution in [0.3, 0.4) is 0 Å². The fraction of sp³-hybridized carbons (Fsp3) is 0.214. The number of hydrogen-bond donors (Lipinski definition) is 4. The number of aromatic nitrogens is 10. The lowest BCUT2D eigenvalue weighted by atomic mass is 9.87. The van der Waals surface area contributed by atoms with Crippen molar-refractivity contribution in [1.29, 1.82) is 5.26 Å². The topological polar surface area (TPSA) is 298 Å². The van der Waals surface area contributed by atoms with Gasteiger partial charge in [0.1, 0.15) is 36.4 Å². The molecule has 0 radical (unpaired) electrons. The summed E-state index contributed by atoms with van der Waals surface area (Å²) in [4.78, 5) is 35.3. The van der Waals surface area contributed by atoms with Crippen LogP contribution >= 0.6 is 10.7 Å². The van der Waals surface area contributed by atoms with Crippen molar-refractivity contribution in [2.24, 2.45) is 5.84 Å². The van der Waals surface area contributed by atoms with E-state index in [1.807, 2.05) is 97.9 Å². The van der Waals surface area contributed by atoms with Gasteiger partial charge in [0.2, 0.25) is 0 Å². The molecule has 10 rings (SSSR count). The zero-order valence-electron chi connectivity index (χ0n) is 45.0. The fourth-order valence-electron chi connectivity index (χ4n) is 7.42. The molecular formula is C56H60ClN15O5S2. The number of rotatable bonds is 8. The van der Waals surface area contributed by atoms with Crippen LogP contribution in [0.4, 0.5) is 17.5 Å². The van der Waals surface area contributed by atoms with Crippen molar-refractivity contribution in [2.75, 3.05) is 15.9 Å². The largest absolute Gasteiger partial charge is 0.384 e. The van der Waals surface area contributed by atoms with Crippen LogP contribution in [0.2, 0.25) is 0 Å². The number of nitrogen functional groups attached to an aromatic ring is 2. The molecule has 0 spiro atoms. The van der Waals surface area contributed by atoms with Crippen molar-refractivity contribution in [3.63, 3.8) is 0 Å². The molecule has 6 N–H and O–H groups in total. The number of para-hydroxylation sites is 3. The Morgan fingerprint density at radius 3 is 1.44 bits per heavy atom. The van der Waals surface area contributed by atoms with Gasteiger partial charge in [-0.05, 0) is 103 Å². The predicted octanol–water partition coefficient (Wildman–Crippen LogP) is 10.2. The number of carbonyl (C=O) groups is 1. The van der Waals surface area contributed by atoms with Crippen LogP contribution in [0.1, 0.15) is 77.4 Å². The number of sulfonamides is 1. The number of nitriles is 1. The number of hydrogen-bond acceptors (Lipinski definition) is 17. The van der Waals surface area contributed by atoms with E-state index in [9.17, 15) is 21.6 Å². The summed E-state index contributed by atoms with van der Waals surface area (Å²) in [6.45, 7) is 17.5. The Morgan fingerprint density at radius 1 is 0.608 bits per heavy atom. The van der Waals surface area contributed by atoms with Crippen molar-refractivity contribution in [3.05, 3.63) is 175 Å². The lowest BCUT2D eigenvalue weighted by molar-refractivity contribution is -0.116. The number of aryl methyl sites for hydroxylation is 2. The fourth-order valence-corrected chi connectivity index (χ4v) is 9.22. The second-order valence-electron chi connectivity index (χ2n) is 19.6. The number of fused-ring (bicyclic) bond motifs is 3. The number of anilines is 3. The Bertz CT molecular complexity index is 3990. The highest BCUT2D eigenvalue weighted by atomic mass is 35.7. The highest BCUT2D eigenvalue weighted by molar-refractivity contribution is 8.13. The van der Waals surface area contributed by atoms with E-state index in [-0.39, 0.29) is 32.8 Å². The van der Waals surface area contributed by atoms with Gasteiger partial charge in [-0.2, -0.15) is 24.8 Å². The van der Waals surface area contributed by atoms with Gasteiger partial charge in [-0.3, -0.25) is 9.52 Å². The van der Waals surface area contributed by atoms with Crippen molar-refractivity contribution in [1.82, 2.24) is 49.5 Å². The maximum absolute atomic E-state index is 13.0. The summed E-state index contributed by atoms with van der Waals surface area (Å²) in [5.41, 5.74) is 14.6. The first-order chi connectivity index (χ1) is 37.3. The molecule has 0 unspecified atom stereocenters. The summed E-state index contributed by atoms with van der Waals surface area (Å²) in [5, 5.41) is 19.2. The van der Waals surface area contributed by atoms with Crippen molar-refractivity contribution in [3.8, 4) is 17.7 Å². The van der Waals surface area contributed by atoms with Crippen LogP contribution in [0.15, 0.2) is 162 Å². The summed E-state index contributed by atoms with van der Waals surface area (Å²) >= 11 is 0. The Labute approximate surface area is 463 Å². The SMILES string of the molecule is CC(=O)CC#N.CC(C)(C)c1ccc(S(=O)(=O)Cl)cc1.Cc1cc(N)n(-c2ncnc3ccccc23)n1.Cc1cc(NS(=O)(=O)c2ccc(C(C)(C)C)cc2)n(-c2ncnc3ccccc23)n1.NNc1ncnc2ccccc12. The highest BCUT2D eigenvalue weighted by Crippen LogP contribution is 2.28. The maximum Gasteiger partial charge on any atom is 0.263 e. The van der Waals surface area contributed by atoms with Crippen LogP contribution in [0.25, 0.3) is 44.3 Å². The van der Waals surface area contributed by atoms with Gasteiger partial charge in [-0.15, -0.1) is 0 Å². The molecule has 0 bridgehead atoms. The average molecular weight is 1120 g/mol. The second-order valence-corrected chi connectivity index (χ2v) is 23.9. The molecule has 10 aromatic rings. The summed E-state index contributed by atoms with van der Waals surface area (Å²) in [6.07, 6.45) is 4.49. The number of ketones is 1. The Hall–Kier alpha value is -8.75. The molecule has 0 aliphatic carbocycles. The van der Waals surface area contributed by atoms with E-state index in [1.165, 1.54) is 42.7 Å². The van der Waals surface area contributed by atoms with E-state index in [4.69, 9.17) is 27.5 Å². The smallest absolute Gasteiger partial charge is 0.263 e. The van der Waals surface area contributed by atoms with Crippen LogP contribution in [-0.2, 0) is 34.7 Å². The number of hydrazine groups is 1. The number of nitrogens with one attached hydrogen (secondary N) is 2. The molecule has 0 aliphatic rings. The molecule has 5 aromatic carbocycles. The predicted molar refractivity (Wildman–Crippen MR) is 310 cm³/mol. The third kappa shape index (κ3) is 15.9. The number of benzene rings is 5. The summed E-state index contributed by atoms with van der Waals surface area (Å²) in [6, 6.07) is 41.8. The Kier molecular flexibility index (Phi) is 19.3. The third-order valence-corrected chi connectivity index (χ3v) is 14.2. The number of nitrogens with two attached hydrogens (primary N) is 2. The van der Waals surface area contributed by atoms with E-state index in [2.05, 4.69) is 91.8 Å². The Morgan fingerprint density at radius 2 is 1.03 bits per heavy atom. The van der Waals surface area contributed by atoms with Crippen molar-refractivity contribution < 1.29 is 21.6 Å². The molecule has 0 atom stereocenters. The third-order valence-electron chi connectivity index (χ3n) is 11.4. The molecule has 0 fully saturated rings. The summed E-state index contributed by atoms with van der Waals surface area (Å²) in [5.74, 6) is 7.97. The highest BCUT2D eigenvalue weighted by Gasteiger charge is 2.22. The minimum absolute atomic E-state index is 0.0224. The monoisotopic (exact) mass is 1120 g/mol. The minimum atomic E-state index is -3.80. The molecule has 0 saturated carbocycles. The van der Waals surface area contributed by atoms with Gasteiger partial charge in [0, 0.05) is 39.0 Å². The first-order valence-electron chi connectivity index (χ1n) is 24.3. The van der Waals surface area contributed by atoms with E-state index < -0.39 is 19.1 Å². The first kappa shape index (κ1) is 59.5. The zero-order valence-corrected chi connectivity index (χ0v) is 47.3. The molecule has 79 heavy (non-hydrogen) atoms. The lowest BCUT2D eigenvalue weighted by Crippen LogP contribution is -2.17. The molecule has 0 amide bonds. The standard InChI is InChI=1S/C22H23N5O2S.C12H11N5.C10H13ClO2S.C8H8N4.C4H5NO/c1-15-13-20(26-30(28,29)17-11-9-16(10-12-17)22(2,3)4)27(25-15)21-18-7-5-6-8-19(18)23-14-24-21;1-8-6-11(13)17(16-8)12-9-4-2-3-5-10(9)14-7-15-12;1-10(2,3)8-4-6-9(7-5-8)14(11,12)13;9-12-8-6-3-1-2-4-7(6)10-5-11-8;1-4(6)2-3-5/h5-14,26H,1-4H3;2-7H,13H2,1H3;4-7H,1-3H3;1-5H,9H2,(H,10,11,12);2H2,1H3. The van der Waals surface area contributed by atoms with Gasteiger partial charge in [-0.1, -0.05) is 102 Å². The van der Waals surface area contributed by atoms with Gasteiger partial charge in [-0.25, -0.2) is 52.6 Å².